The van der Waals surface area contributed by atoms with Crippen LogP contribution < -0.4 is 5.69 Å². The second-order valence-electron chi connectivity index (χ2n) is 6.60. The molecular formula is C17H23N3O2. The van der Waals surface area contributed by atoms with Gasteiger partial charge in [-0.2, -0.15) is 0 Å². The van der Waals surface area contributed by atoms with Gasteiger partial charge in [-0.3, -0.25) is 9.47 Å². The van der Waals surface area contributed by atoms with Crippen LogP contribution >= 0.6 is 0 Å². The molecule has 118 valence electrons. The van der Waals surface area contributed by atoms with Crippen molar-refractivity contribution in [1.29, 1.82) is 0 Å². The molecule has 3 heterocycles. The number of hydrogen-bond acceptors (Lipinski definition) is 3. The molecule has 0 spiro atoms. The van der Waals surface area contributed by atoms with Crippen molar-refractivity contribution in [2.24, 2.45) is 0 Å². The summed E-state index contributed by atoms with van der Waals surface area (Å²) >= 11 is 0. The monoisotopic (exact) mass is 301 g/mol. The summed E-state index contributed by atoms with van der Waals surface area (Å²) in [5.41, 5.74) is 3.21. The average molecular weight is 301 g/mol. The van der Waals surface area contributed by atoms with Gasteiger partial charge in [-0.1, -0.05) is 6.07 Å². The number of likely N-dealkylation sites (tertiary alicyclic amines) is 1. The predicted molar refractivity (Wildman–Crippen MR) is 86.4 cm³/mol. The fourth-order valence-corrected chi connectivity index (χ4v) is 3.95. The lowest BCUT2D eigenvalue weighted by molar-refractivity contribution is 0.0413. The molecule has 0 aliphatic carbocycles. The van der Waals surface area contributed by atoms with Gasteiger partial charge in [0.25, 0.3) is 0 Å². The first kappa shape index (κ1) is 14.0. The van der Waals surface area contributed by atoms with Gasteiger partial charge in [0.05, 0.1) is 17.1 Å². The molecule has 2 aromatic rings. The summed E-state index contributed by atoms with van der Waals surface area (Å²) in [7, 11) is 0. The van der Waals surface area contributed by atoms with Gasteiger partial charge in [-0.05, 0) is 43.9 Å². The normalized spacial score (nSPS) is 24.3. The van der Waals surface area contributed by atoms with E-state index in [2.05, 4.69) is 22.9 Å². The zero-order valence-electron chi connectivity index (χ0n) is 13.0. The number of imidazole rings is 1. The second-order valence-corrected chi connectivity index (χ2v) is 6.60. The Kier molecular flexibility index (Phi) is 3.54. The van der Waals surface area contributed by atoms with E-state index in [0.717, 1.165) is 56.6 Å². The van der Waals surface area contributed by atoms with E-state index in [1.807, 2.05) is 16.7 Å². The molecule has 5 heteroatoms. The Morgan fingerprint density at radius 2 is 2.00 bits per heavy atom. The Morgan fingerprint density at radius 3 is 2.82 bits per heavy atom. The maximum atomic E-state index is 12.4. The first-order chi connectivity index (χ1) is 10.7. The molecule has 1 N–H and O–H groups in total. The quantitative estimate of drug-likeness (QED) is 0.924. The highest BCUT2D eigenvalue weighted by atomic mass is 16.5. The van der Waals surface area contributed by atoms with Crippen molar-refractivity contribution in [3.05, 3.63) is 34.2 Å². The minimum atomic E-state index is 0.0272. The van der Waals surface area contributed by atoms with Crippen molar-refractivity contribution < 1.29 is 4.74 Å². The Bertz CT molecular complexity index is 727. The summed E-state index contributed by atoms with van der Waals surface area (Å²) in [6.07, 6.45) is 3.29. The number of aromatic nitrogens is 2. The lowest BCUT2D eigenvalue weighted by atomic mass is 10.1. The van der Waals surface area contributed by atoms with Crippen LogP contribution in [-0.2, 0) is 4.74 Å². The van der Waals surface area contributed by atoms with Crippen molar-refractivity contribution in [1.82, 2.24) is 14.5 Å². The van der Waals surface area contributed by atoms with Gasteiger partial charge >= 0.3 is 5.69 Å². The van der Waals surface area contributed by atoms with E-state index < -0.39 is 0 Å². The van der Waals surface area contributed by atoms with Gasteiger partial charge in [0.15, 0.2) is 0 Å². The van der Waals surface area contributed by atoms with Crippen LogP contribution in [0, 0.1) is 6.92 Å². The van der Waals surface area contributed by atoms with Crippen molar-refractivity contribution in [3.63, 3.8) is 0 Å². The van der Waals surface area contributed by atoms with E-state index in [4.69, 9.17) is 4.74 Å². The zero-order chi connectivity index (χ0) is 15.1. The van der Waals surface area contributed by atoms with Crippen molar-refractivity contribution in [2.45, 2.75) is 38.3 Å². The molecule has 1 aromatic carbocycles. The summed E-state index contributed by atoms with van der Waals surface area (Å²) in [5.74, 6) is 0. The molecule has 4 rings (SSSR count). The van der Waals surface area contributed by atoms with Gasteiger partial charge in [0.1, 0.15) is 0 Å². The van der Waals surface area contributed by atoms with Crippen LogP contribution in [0.25, 0.3) is 11.0 Å². The maximum absolute atomic E-state index is 12.4. The summed E-state index contributed by atoms with van der Waals surface area (Å²) < 4.78 is 7.44. The number of fused-ring (bicyclic) bond motifs is 1. The SMILES string of the molecule is Cc1ccc2[nH]c(=O)n(C3CCN(C4CCOCC4)C3)c2c1. The van der Waals surface area contributed by atoms with E-state index in [1.54, 1.807) is 0 Å². The van der Waals surface area contributed by atoms with Gasteiger partial charge in [0.2, 0.25) is 0 Å². The van der Waals surface area contributed by atoms with E-state index >= 15 is 0 Å². The smallest absolute Gasteiger partial charge is 0.326 e. The summed E-state index contributed by atoms with van der Waals surface area (Å²) in [4.78, 5) is 17.9. The summed E-state index contributed by atoms with van der Waals surface area (Å²) in [6.45, 7) is 5.88. The number of nitrogens with zero attached hydrogens (tertiary/aromatic N) is 2. The third-order valence-electron chi connectivity index (χ3n) is 5.14. The fourth-order valence-electron chi connectivity index (χ4n) is 3.95. The minimum absolute atomic E-state index is 0.0272. The number of rotatable bonds is 2. The van der Waals surface area contributed by atoms with Crippen LogP contribution in [0.1, 0.15) is 30.9 Å². The molecule has 1 atom stereocenters. The van der Waals surface area contributed by atoms with E-state index in [9.17, 15) is 4.79 Å². The number of hydrogen-bond donors (Lipinski definition) is 1. The standard InChI is InChI=1S/C17H23N3O2/c1-12-2-3-15-16(10-12)20(17(21)18-15)14-4-7-19(11-14)13-5-8-22-9-6-13/h2-3,10,13-14H,4-9,11H2,1H3,(H,18,21). The highest BCUT2D eigenvalue weighted by molar-refractivity contribution is 5.76. The van der Waals surface area contributed by atoms with Crippen LogP contribution in [0.4, 0.5) is 0 Å². The van der Waals surface area contributed by atoms with Crippen LogP contribution in [0.5, 0.6) is 0 Å². The third-order valence-corrected chi connectivity index (χ3v) is 5.14. The highest BCUT2D eigenvalue weighted by Gasteiger charge is 2.31. The second kappa shape index (κ2) is 5.56. The molecule has 5 nitrogen and oxygen atoms in total. The molecule has 2 saturated heterocycles. The van der Waals surface area contributed by atoms with E-state index in [0.29, 0.717) is 6.04 Å². The van der Waals surface area contributed by atoms with Crippen LogP contribution in [-0.4, -0.2) is 46.8 Å². The highest BCUT2D eigenvalue weighted by Crippen LogP contribution is 2.28. The van der Waals surface area contributed by atoms with Gasteiger partial charge in [-0.25, -0.2) is 4.79 Å². The topological polar surface area (TPSA) is 50.3 Å². The average Bonchev–Trinajstić information content (AvgIpc) is 3.11. The number of aromatic amines is 1. The first-order valence-corrected chi connectivity index (χ1v) is 8.25. The third kappa shape index (κ3) is 2.38. The molecule has 2 aliphatic rings. The molecule has 0 amide bonds. The largest absolute Gasteiger partial charge is 0.381 e. The fraction of sp³-hybridized carbons (Fsp3) is 0.588. The van der Waals surface area contributed by atoms with Crippen LogP contribution in [0.2, 0.25) is 0 Å². The Labute approximate surface area is 129 Å². The molecule has 1 aromatic heterocycles. The molecule has 1 unspecified atom stereocenters. The number of H-pyrrole nitrogens is 1. The maximum Gasteiger partial charge on any atom is 0.326 e. The number of nitrogens with one attached hydrogen (secondary N) is 1. The molecule has 0 saturated carbocycles. The van der Waals surface area contributed by atoms with Crippen LogP contribution in [0.3, 0.4) is 0 Å². The van der Waals surface area contributed by atoms with Gasteiger partial charge in [-0.15, -0.1) is 0 Å². The van der Waals surface area contributed by atoms with Crippen LogP contribution in [0.15, 0.2) is 23.0 Å². The number of benzene rings is 1. The molecule has 2 aliphatic heterocycles. The van der Waals surface area contributed by atoms with Crippen molar-refractivity contribution in [2.75, 3.05) is 26.3 Å². The Hall–Kier alpha value is -1.59. The number of aryl methyl sites for hydroxylation is 1. The number of ether oxygens (including phenoxy) is 1. The zero-order valence-corrected chi connectivity index (χ0v) is 13.0. The van der Waals surface area contributed by atoms with E-state index in [-0.39, 0.29) is 11.7 Å². The lowest BCUT2D eigenvalue weighted by Crippen LogP contribution is -2.38. The molecule has 0 bridgehead atoms. The Morgan fingerprint density at radius 1 is 1.18 bits per heavy atom. The summed E-state index contributed by atoms with van der Waals surface area (Å²) in [5, 5.41) is 0. The molecule has 0 radical (unpaired) electrons. The molecule has 2 fully saturated rings. The van der Waals surface area contributed by atoms with Gasteiger partial charge < -0.3 is 9.72 Å². The Balaban J connectivity index is 1.61. The molecule has 22 heavy (non-hydrogen) atoms. The van der Waals surface area contributed by atoms with Crippen molar-refractivity contribution in [3.8, 4) is 0 Å². The van der Waals surface area contributed by atoms with Gasteiger partial charge in [0, 0.05) is 32.3 Å². The minimum Gasteiger partial charge on any atom is -0.381 e. The first-order valence-electron chi connectivity index (χ1n) is 8.25. The lowest BCUT2D eigenvalue weighted by Gasteiger charge is -2.31. The predicted octanol–water partition coefficient (Wildman–Crippen LogP) is 2.06. The summed E-state index contributed by atoms with van der Waals surface area (Å²) in [6, 6.07) is 7.08. The van der Waals surface area contributed by atoms with Crippen molar-refractivity contribution >= 4 is 11.0 Å². The van der Waals surface area contributed by atoms with E-state index in [1.165, 1.54) is 5.56 Å². The molecular weight excluding hydrogens is 278 g/mol.